The van der Waals surface area contributed by atoms with Crippen LogP contribution >= 0.6 is 34.5 Å². The van der Waals surface area contributed by atoms with Crippen molar-refractivity contribution in [3.05, 3.63) is 55.2 Å². The van der Waals surface area contributed by atoms with Gasteiger partial charge in [0.2, 0.25) is 0 Å². The first-order valence-electron chi connectivity index (χ1n) is 6.57. The van der Waals surface area contributed by atoms with Crippen LogP contribution in [0.4, 0.5) is 8.78 Å². The Balaban J connectivity index is 2.50. The van der Waals surface area contributed by atoms with Crippen molar-refractivity contribution in [2.45, 2.75) is 26.3 Å². The highest BCUT2D eigenvalue weighted by atomic mass is 35.5. The van der Waals surface area contributed by atoms with Crippen molar-refractivity contribution < 1.29 is 8.78 Å². The molecule has 114 valence electrons. The Bertz CT molecular complexity index is 643. The maximum Gasteiger partial charge on any atom is 0.131 e. The summed E-state index contributed by atoms with van der Waals surface area (Å²) in [5.74, 6) is -1.15. The van der Waals surface area contributed by atoms with Crippen LogP contribution in [-0.2, 0) is 0 Å². The summed E-state index contributed by atoms with van der Waals surface area (Å²) in [7, 11) is 0. The second-order valence-electron chi connectivity index (χ2n) is 4.79. The van der Waals surface area contributed by atoms with Crippen LogP contribution in [0.25, 0.3) is 0 Å². The Kier molecular flexibility index (Phi) is 5.60. The van der Waals surface area contributed by atoms with E-state index in [1.807, 2.05) is 6.92 Å². The predicted octanol–water partition coefficient (Wildman–Crippen LogP) is 5.73. The molecule has 0 spiro atoms. The molecule has 1 atom stereocenters. The lowest BCUT2D eigenvalue weighted by Crippen LogP contribution is -2.24. The number of nitrogens with one attached hydrogen (secondary N) is 1. The molecule has 1 aromatic carbocycles. The van der Waals surface area contributed by atoms with Crippen molar-refractivity contribution >= 4 is 34.5 Å². The lowest BCUT2D eigenvalue weighted by Gasteiger charge is -2.20. The quantitative estimate of drug-likeness (QED) is 0.726. The Labute approximate surface area is 136 Å². The smallest absolute Gasteiger partial charge is 0.131 e. The molecular formula is C15H15Cl2F2NS. The van der Waals surface area contributed by atoms with Crippen molar-refractivity contribution in [3.63, 3.8) is 0 Å². The lowest BCUT2D eigenvalue weighted by atomic mass is 9.98. The summed E-state index contributed by atoms with van der Waals surface area (Å²) >= 11 is 13.4. The summed E-state index contributed by atoms with van der Waals surface area (Å²) in [5.41, 5.74) is 1.48. The van der Waals surface area contributed by atoms with Gasteiger partial charge in [-0.2, -0.15) is 0 Å². The molecule has 0 amide bonds. The van der Waals surface area contributed by atoms with Gasteiger partial charge in [-0.3, -0.25) is 0 Å². The van der Waals surface area contributed by atoms with Crippen LogP contribution in [0.1, 0.15) is 36.1 Å². The maximum absolute atomic E-state index is 14.2. The largest absolute Gasteiger partial charge is 0.306 e. The van der Waals surface area contributed by atoms with Crippen LogP contribution in [0.5, 0.6) is 0 Å². The Morgan fingerprint density at radius 2 is 1.86 bits per heavy atom. The van der Waals surface area contributed by atoms with E-state index in [0.29, 0.717) is 31.9 Å². The van der Waals surface area contributed by atoms with E-state index in [1.165, 1.54) is 17.4 Å². The molecule has 2 aromatic rings. The molecule has 2 rings (SSSR count). The van der Waals surface area contributed by atoms with Gasteiger partial charge in [-0.15, -0.1) is 11.3 Å². The van der Waals surface area contributed by atoms with Gasteiger partial charge in [0.25, 0.3) is 0 Å². The van der Waals surface area contributed by atoms with E-state index in [-0.39, 0.29) is 0 Å². The van der Waals surface area contributed by atoms with Gasteiger partial charge >= 0.3 is 0 Å². The van der Waals surface area contributed by atoms with E-state index in [1.54, 1.807) is 13.0 Å². The van der Waals surface area contributed by atoms with E-state index >= 15 is 0 Å². The summed E-state index contributed by atoms with van der Waals surface area (Å²) in [6, 6.07) is 3.70. The molecule has 1 unspecified atom stereocenters. The average molecular weight is 350 g/mol. The molecule has 21 heavy (non-hydrogen) atoms. The summed E-state index contributed by atoms with van der Waals surface area (Å²) < 4.78 is 28.7. The summed E-state index contributed by atoms with van der Waals surface area (Å²) in [4.78, 5) is 0. The highest BCUT2D eigenvalue weighted by molar-refractivity contribution is 7.20. The van der Waals surface area contributed by atoms with Crippen LogP contribution < -0.4 is 5.32 Å². The molecule has 1 nitrogen and oxygen atoms in total. The van der Waals surface area contributed by atoms with Gasteiger partial charge in [-0.05, 0) is 37.6 Å². The number of hydrogen-bond donors (Lipinski definition) is 1. The van der Waals surface area contributed by atoms with Crippen LogP contribution in [0.15, 0.2) is 18.2 Å². The van der Waals surface area contributed by atoms with Gasteiger partial charge in [0.1, 0.15) is 11.6 Å². The molecule has 0 bridgehead atoms. The first-order valence-corrected chi connectivity index (χ1v) is 8.15. The number of thiophene rings is 1. The van der Waals surface area contributed by atoms with E-state index in [4.69, 9.17) is 23.2 Å². The molecule has 0 saturated heterocycles. The van der Waals surface area contributed by atoms with Gasteiger partial charge < -0.3 is 5.32 Å². The minimum absolute atomic E-state index is 0.374. The molecule has 0 aliphatic rings. The second-order valence-corrected chi connectivity index (χ2v) is 7.08. The number of rotatable bonds is 5. The first kappa shape index (κ1) is 16.7. The molecule has 1 N–H and O–H groups in total. The van der Waals surface area contributed by atoms with Gasteiger partial charge in [-0.1, -0.05) is 30.1 Å². The highest BCUT2D eigenvalue weighted by Gasteiger charge is 2.23. The Morgan fingerprint density at radius 1 is 1.14 bits per heavy atom. The minimum Gasteiger partial charge on any atom is -0.306 e. The highest BCUT2D eigenvalue weighted by Crippen LogP contribution is 2.38. The monoisotopic (exact) mass is 349 g/mol. The fourth-order valence-electron chi connectivity index (χ4n) is 2.13. The summed E-state index contributed by atoms with van der Waals surface area (Å²) in [6.45, 7) is 4.31. The molecule has 0 aliphatic heterocycles. The predicted molar refractivity (Wildman–Crippen MR) is 85.6 cm³/mol. The van der Waals surface area contributed by atoms with Gasteiger partial charge in [0.05, 0.1) is 14.7 Å². The maximum atomic E-state index is 14.2. The zero-order valence-electron chi connectivity index (χ0n) is 11.6. The number of benzene rings is 1. The number of hydrogen-bond acceptors (Lipinski definition) is 2. The van der Waals surface area contributed by atoms with Crippen molar-refractivity contribution in [2.75, 3.05) is 6.54 Å². The summed E-state index contributed by atoms with van der Waals surface area (Å²) in [5, 5.41) is 3.24. The summed E-state index contributed by atoms with van der Waals surface area (Å²) in [6.07, 6.45) is 0.883. The van der Waals surface area contributed by atoms with Gasteiger partial charge in [-0.25, -0.2) is 8.78 Å². The third-order valence-corrected chi connectivity index (χ3v) is 4.70. The van der Waals surface area contributed by atoms with E-state index < -0.39 is 17.7 Å². The molecule has 6 heteroatoms. The van der Waals surface area contributed by atoms with Crippen molar-refractivity contribution in [3.8, 4) is 0 Å². The molecule has 0 aliphatic carbocycles. The van der Waals surface area contributed by atoms with Crippen LogP contribution in [0, 0.1) is 18.6 Å². The van der Waals surface area contributed by atoms with E-state index in [0.717, 1.165) is 12.5 Å². The Morgan fingerprint density at radius 3 is 2.43 bits per heavy atom. The normalized spacial score (nSPS) is 12.7. The zero-order valence-corrected chi connectivity index (χ0v) is 14.0. The molecule has 0 saturated carbocycles. The van der Waals surface area contributed by atoms with E-state index in [9.17, 15) is 8.78 Å². The molecule has 1 heterocycles. The zero-order chi connectivity index (χ0) is 15.6. The standard InChI is InChI=1S/C15H15Cl2F2NS/c1-3-4-20-14(10-6-13(16)21-15(10)17)9-5-8(2)11(18)7-12(9)19/h5-7,14,20H,3-4H2,1-2H3. The number of aryl methyl sites for hydroxylation is 1. The van der Waals surface area contributed by atoms with Gasteiger partial charge in [0, 0.05) is 17.2 Å². The third-order valence-electron chi connectivity index (χ3n) is 3.18. The second kappa shape index (κ2) is 7.05. The van der Waals surface area contributed by atoms with E-state index in [2.05, 4.69) is 5.32 Å². The van der Waals surface area contributed by atoms with Crippen LogP contribution in [0.2, 0.25) is 8.67 Å². The van der Waals surface area contributed by atoms with Gasteiger partial charge in [0.15, 0.2) is 0 Å². The Hall–Kier alpha value is -0.680. The molecule has 0 radical (unpaired) electrons. The third kappa shape index (κ3) is 3.75. The number of halogens is 4. The fraction of sp³-hybridized carbons (Fsp3) is 0.333. The molecule has 0 fully saturated rings. The van der Waals surface area contributed by atoms with Crippen LogP contribution in [-0.4, -0.2) is 6.54 Å². The average Bonchev–Trinajstić information content (AvgIpc) is 2.75. The van der Waals surface area contributed by atoms with Crippen molar-refractivity contribution in [1.82, 2.24) is 5.32 Å². The molecule has 1 aromatic heterocycles. The molecular weight excluding hydrogens is 335 g/mol. The minimum atomic E-state index is -0.593. The topological polar surface area (TPSA) is 12.0 Å². The van der Waals surface area contributed by atoms with Crippen molar-refractivity contribution in [2.24, 2.45) is 0 Å². The fourth-order valence-corrected chi connectivity index (χ4v) is 3.66. The lowest BCUT2D eigenvalue weighted by molar-refractivity contribution is 0.530. The van der Waals surface area contributed by atoms with Crippen LogP contribution in [0.3, 0.4) is 0 Å². The first-order chi connectivity index (χ1) is 9.93. The van der Waals surface area contributed by atoms with Crippen molar-refractivity contribution in [1.29, 1.82) is 0 Å². The SMILES string of the molecule is CCCNC(c1cc(C)c(F)cc1F)c1cc(Cl)sc1Cl.